The third-order valence-electron chi connectivity index (χ3n) is 3.80. The monoisotopic (exact) mass is 242 g/mol. The van der Waals surface area contributed by atoms with Crippen LogP contribution in [0.5, 0.6) is 0 Å². The van der Waals surface area contributed by atoms with Gasteiger partial charge in [0.1, 0.15) is 0 Å². The van der Waals surface area contributed by atoms with Crippen LogP contribution in [-0.4, -0.2) is 0 Å². The van der Waals surface area contributed by atoms with Gasteiger partial charge in [-0.05, 0) is 25.3 Å². The summed E-state index contributed by atoms with van der Waals surface area (Å²) in [5.74, 6) is 0. The molecule has 0 aromatic heterocycles. The Hall–Kier alpha value is -1.30. The lowest BCUT2D eigenvalue weighted by Crippen LogP contribution is -2.27. The Morgan fingerprint density at radius 2 is 1.67 bits per heavy atom. The maximum atomic E-state index is 3.85. The summed E-state index contributed by atoms with van der Waals surface area (Å²) in [5.41, 5.74) is 3.08. The summed E-state index contributed by atoms with van der Waals surface area (Å²) in [6, 6.07) is 10.9. The van der Waals surface area contributed by atoms with Gasteiger partial charge in [0.15, 0.2) is 0 Å². The van der Waals surface area contributed by atoms with Crippen molar-refractivity contribution in [1.29, 1.82) is 0 Å². The van der Waals surface area contributed by atoms with Crippen molar-refractivity contribution < 1.29 is 0 Å². The minimum absolute atomic E-state index is 0.193. The van der Waals surface area contributed by atoms with E-state index in [1.165, 1.54) is 36.8 Å². The fourth-order valence-corrected chi connectivity index (χ4v) is 2.98. The molecule has 0 fully saturated rings. The van der Waals surface area contributed by atoms with Crippen molar-refractivity contribution in [1.82, 2.24) is 0 Å². The summed E-state index contributed by atoms with van der Waals surface area (Å²) in [6.45, 7) is 10.6. The van der Waals surface area contributed by atoms with Gasteiger partial charge in [-0.25, -0.2) is 0 Å². The number of allylic oxidation sites excluding steroid dienone is 3. The Bertz CT molecular complexity index is 378. The van der Waals surface area contributed by atoms with Gasteiger partial charge in [0.25, 0.3) is 0 Å². The lowest BCUT2D eigenvalue weighted by molar-refractivity contribution is 0.417. The fourth-order valence-electron chi connectivity index (χ4n) is 2.98. The van der Waals surface area contributed by atoms with Gasteiger partial charge in [-0.1, -0.05) is 81.3 Å². The molecule has 18 heavy (non-hydrogen) atoms. The van der Waals surface area contributed by atoms with Gasteiger partial charge >= 0.3 is 0 Å². The van der Waals surface area contributed by atoms with Crippen molar-refractivity contribution in [2.45, 2.75) is 51.9 Å². The highest BCUT2D eigenvalue weighted by Gasteiger charge is 2.31. The summed E-state index contributed by atoms with van der Waals surface area (Å²) in [4.78, 5) is 0. The predicted octanol–water partition coefficient (Wildman–Crippen LogP) is 5.66. The second kappa shape index (κ2) is 7.20. The molecule has 0 aliphatic rings. The Balaban J connectivity index is 3.29. The van der Waals surface area contributed by atoms with Gasteiger partial charge in [0.05, 0.1) is 0 Å². The molecule has 0 spiro atoms. The van der Waals surface area contributed by atoms with Gasteiger partial charge < -0.3 is 0 Å². The summed E-state index contributed by atoms with van der Waals surface area (Å²) in [7, 11) is 0. The second-order valence-electron chi connectivity index (χ2n) is 5.03. The molecule has 0 radical (unpaired) electrons. The van der Waals surface area contributed by atoms with E-state index in [2.05, 4.69) is 63.8 Å². The van der Waals surface area contributed by atoms with E-state index < -0.39 is 0 Å². The van der Waals surface area contributed by atoms with Crippen LogP contribution >= 0.6 is 0 Å². The molecule has 0 heterocycles. The van der Waals surface area contributed by atoms with Crippen molar-refractivity contribution in [3.63, 3.8) is 0 Å². The van der Waals surface area contributed by atoms with Gasteiger partial charge in [-0.3, -0.25) is 0 Å². The van der Waals surface area contributed by atoms with E-state index in [1.807, 2.05) is 6.08 Å². The average molecular weight is 242 g/mol. The molecule has 0 N–H and O–H groups in total. The topological polar surface area (TPSA) is 0 Å². The van der Waals surface area contributed by atoms with Crippen LogP contribution in [0.3, 0.4) is 0 Å². The Morgan fingerprint density at radius 3 is 2.11 bits per heavy atom. The highest BCUT2D eigenvalue weighted by Crippen LogP contribution is 2.40. The smallest absolute Gasteiger partial charge is 0.0162 e. The van der Waals surface area contributed by atoms with Crippen LogP contribution < -0.4 is 0 Å². The van der Waals surface area contributed by atoms with Gasteiger partial charge in [-0.15, -0.1) is 0 Å². The quantitative estimate of drug-likeness (QED) is 0.541. The maximum absolute atomic E-state index is 3.85. The first-order valence-corrected chi connectivity index (χ1v) is 7.06. The molecule has 0 aliphatic carbocycles. The van der Waals surface area contributed by atoms with E-state index in [1.54, 1.807) is 0 Å². The van der Waals surface area contributed by atoms with Crippen LogP contribution in [0.25, 0.3) is 0 Å². The zero-order chi connectivity index (χ0) is 13.4. The first-order chi connectivity index (χ1) is 8.71. The highest BCUT2D eigenvalue weighted by molar-refractivity contribution is 5.36. The predicted molar refractivity (Wildman–Crippen MR) is 81.9 cm³/mol. The Labute approximate surface area is 112 Å². The summed E-state index contributed by atoms with van der Waals surface area (Å²) in [6.07, 6.45) is 8.92. The van der Waals surface area contributed by atoms with Crippen LogP contribution in [0.1, 0.15) is 52.0 Å². The Kier molecular flexibility index (Phi) is 5.91. The molecule has 0 amide bonds. The Morgan fingerprint density at radius 1 is 1.11 bits per heavy atom. The van der Waals surface area contributed by atoms with Crippen LogP contribution in [0, 0.1) is 0 Å². The average Bonchev–Trinajstić information content (AvgIpc) is 2.39. The van der Waals surface area contributed by atoms with Crippen molar-refractivity contribution in [2.24, 2.45) is 0 Å². The summed E-state index contributed by atoms with van der Waals surface area (Å²) < 4.78 is 0. The molecular formula is C18H26. The van der Waals surface area contributed by atoms with E-state index >= 15 is 0 Å². The molecule has 0 aliphatic heterocycles. The molecule has 1 aromatic rings. The standard InChI is InChI=1S/C18H26/c1-5-11-16(4)18(14-6-2,15-7-3)17-12-9-8-10-13-17/h5,8-13H,1,6-7,14-15H2,2-4H3/b16-11+. The van der Waals surface area contributed by atoms with E-state index in [9.17, 15) is 0 Å². The van der Waals surface area contributed by atoms with Gasteiger partial charge in [-0.2, -0.15) is 0 Å². The molecule has 0 unspecified atom stereocenters. The summed E-state index contributed by atoms with van der Waals surface area (Å²) >= 11 is 0. The van der Waals surface area contributed by atoms with Crippen molar-refractivity contribution in [3.05, 3.63) is 60.2 Å². The van der Waals surface area contributed by atoms with Crippen LogP contribution in [0.4, 0.5) is 0 Å². The maximum Gasteiger partial charge on any atom is 0.0162 e. The summed E-state index contributed by atoms with van der Waals surface area (Å²) in [5, 5.41) is 0. The van der Waals surface area contributed by atoms with E-state index in [4.69, 9.17) is 0 Å². The van der Waals surface area contributed by atoms with Crippen LogP contribution in [0.15, 0.2) is 54.6 Å². The number of rotatable bonds is 7. The molecule has 0 nitrogen and oxygen atoms in total. The molecule has 0 saturated carbocycles. The van der Waals surface area contributed by atoms with E-state index in [0.717, 1.165) is 0 Å². The minimum atomic E-state index is 0.193. The van der Waals surface area contributed by atoms with Gasteiger partial charge in [0.2, 0.25) is 0 Å². The van der Waals surface area contributed by atoms with Crippen molar-refractivity contribution in [2.75, 3.05) is 0 Å². The van der Waals surface area contributed by atoms with Crippen molar-refractivity contribution >= 4 is 0 Å². The number of hydrogen-bond acceptors (Lipinski definition) is 0. The normalized spacial score (nSPS) is 12.5. The third-order valence-corrected chi connectivity index (χ3v) is 3.80. The lowest BCUT2D eigenvalue weighted by atomic mass is 9.68. The molecule has 1 aromatic carbocycles. The highest BCUT2D eigenvalue weighted by atomic mass is 14.3. The SMILES string of the molecule is C=C/C=C(\C)C(CCC)(CCC)c1ccccc1. The molecule has 0 bridgehead atoms. The fraction of sp³-hybridized carbons (Fsp3) is 0.444. The van der Waals surface area contributed by atoms with Gasteiger partial charge in [0, 0.05) is 5.41 Å². The second-order valence-corrected chi connectivity index (χ2v) is 5.03. The largest absolute Gasteiger partial charge is 0.0991 e. The molecule has 0 atom stereocenters. The zero-order valence-corrected chi connectivity index (χ0v) is 12.1. The third kappa shape index (κ3) is 3.13. The van der Waals surface area contributed by atoms with Crippen LogP contribution in [-0.2, 0) is 5.41 Å². The molecule has 0 heteroatoms. The zero-order valence-electron chi connectivity index (χ0n) is 12.1. The molecule has 98 valence electrons. The minimum Gasteiger partial charge on any atom is -0.0991 e. The molecular weight excluding hydrogens is 216 g/mol. The molecule has 1 rings (SSSR count). The van der Waals surface area contributed by atoms with Crippen molar-refractivity contribution in [3.8, 4) is 0 Å². The van der Waals surface area contributed by atoms with E-state index in [-0.39, 0.29) is 5.41 Å². The number of benzene rings is 1. The first kappa shape index (κ1) is 14.8. The first-order valence-electron chi connectivity index (χ1n) is 7.06. The van der Waals surface area contributed by atoms with Crippen LogP contribution in [0.2, 0.25) is 0 Å². The van der Waals surface area contributed by atoms with E-state index in [0.29, 0.717) is 0 Å². The lowest BCUT2D eigenvalue weighted by Gasteiger charge is -2.35. The number of hydrogen-bond donors (Lipinski definition) is 0. The molecule has 0 saturated heterocycles.